The lowest BCUT2D eigenvalue weighted by molar-refractivity contribution is 0.0703. The standard InChI is InChI=1S/C13H16N2O3S2/c1-2-15(9-4-6-20(17,18)8-9)13(16)11-7-12-10(14-11)3-5-19-12/h3,5,7,9,14H,2,4,6,8H2,1H3/t9-/m0/s1. The Balaban J connectivity index is 1.85. The van der Waals surface area contributed by atoms with Crippen molar-refractivity contribution in [3.05, 3.63) is 23.2 Å². The molecule has 1 N–H and O–H groups in total. The molecule has 1 aliphatic rings. The van der Waals surface area contributed by atoms with Crippen LogP contribution in [0.2, 0.25) is 0 Å². The van der Waals surface area contributed by atoms with Crippen LogP contribution in [0.5, 0.6) is 0 Å². The fourth-order valence-corrected chi connectivity index (χ4v) is 5.22. The topological polar surface area (TPSA) is 70.2 Å². The predicted molar refractivity (Wildman–Crippen MR) is 79.9 cm³/mol. The summed E-state index contributed by atoms with van der Waals surface area (Å²) in [4.78, 5) is 17.3. The molecule has 0 radical (unpaired) electrons. The number of aromatic amines is 1. The molecule has 0 aromatic carbocycles. The maximum atomic E-state index is 12.5. The molecule has 2 aromatic heterocycles. The number of hydrogen-bond acceptors (Lipinski definition) is 4. The number of fused-ring (bicyclic) bond motifs is 1. The monoisotopic (exact) mass is 312 g/mol. The quantitative estimate of drug-likeness (QED) is 0.940. The van der Waals surface area contributed by atoms with Crippen LogP contribution in [0.3, 0.4) is 0 Å². The molecule has 1 amide bonds. The number of rotatable bonds is 3. The first-order valence-corrected chi connectivity index (χ1v) is 9.28. The first-order chi connectivity index (χ1) is 9.50. The Morgan fingerprint density at radius 3 is 2.95 bits per heavy atom. The number of sulfone groups is 1. The number of aromatic nitrogens is 1. The van der Waals surface area contributed by atoms with E-state index in [9.17, 15) is 13.2 Å². The predicted octanol–water partition coefficient (Wildman–Crippen LogP) is 1.88. The molecule has 0 unspecified atom stereocenters. The molecule has 3 rings (SSSR count). The molecule has 2 aromatic rings. The van der Waals surface area contributed by atoms with E-state index in [1.54, 1.807) is 16.2 Å². The van der Waals surface area contributed by atoms with E-state index in [-0.39, 0.29) is 23.5 Å². The average molecular weight is 312 g/mol. The van der Waals surface area contributed by atoms with E-state index in [4.69, 9.17) is 0 Å². The highest BCUT2D eigenvalue weighted by molar-refractivity contribution is 7.91. The molecule has 0 spiro atoms. The summed E-state index contributed by atoms with van der Waals surface area (Å²) in [7, 11) is -2.98. The highest BCUT2D eigenvalue weighted by atomic mass is 32.2. The van der Waals surface area contributed by atoms with Crippen molar-refractivity contribution in [3.63, 3.8) is 0 Å². The molecule has 7 heteroatoms. The normalized spacial score (nSPS) is 21.4. The van der Waals surface area contributed by atoms with Crippen LogP contribution >= 0.6 is 11.3 Å². The van der Waals surface area contributed by atoms with Crippen LogP contribution in [0.15, 0.2) is 17.5 Å². The summed E-state index contributed by atoms with van der Waals surface area (Å²) in [6.45, 7) is 2.40. The van der Waals surface area contributed by atoms with Gasteiger partial charge in [0.25, 0.3) is 5.91 Å². The Kier molecular flexibility index (Phi) is 3.33. The third-order valence-corrected chi connectivity index (χ3v) is 6.34. The fourth-order valence-electron chi connectivity index (χ4n) is 2.71. The zero-order chi connectivity index (χ0) is 14.3. The molecule has 0 bridgehead atoms. The minimum absolute atomic E-state index is 0.0850. The van der Waals surface area contributed by atoms with Crippen molar-refractivity contribution in [3.8, 4) is 0 Å². The van der Waals surface area contributed by atoms with Crippen molar-refractivity contribution in [2.24, 2.45) is 0 Å². The Morgan fingerprint density at radius 2 is 2.35 bits per heavy atom. The summed E-state index contributed by atoms with van der Waals surface area (Å²) >= 11 is 1.58. The smallest absolute Gasteiger partial charge is 0.270 e. The van der Waals surface area contributed by atoms with Gasteiger partial charge >= 0.3 is 0 Å². The Morgan fingerprint density at radius 1 is 1.55 bits per heavy atom. The van der Waals surface area contributed by atoms with Crippen molar-refractivity contribution in [2.45, 2.75) is 19.4 Å². The molecular weight excluding hydrogens is 296 g/mol. The van der Waals surface area contributed by atoms with Crippen LogP contribution < -0.4 is 0 Å². The van der Waals surface area contributed by atoms with E-state index in [2.05, 4.69) is 4.98 Å². The van der Waals surface area contributed by atoms with Gasteiger partial charge < -0.3 is 9.88 Å². The van der Waals surface area contributed by atoms with Gasteiger partial charge in [-0.3, -0.25) is 4.79 Å². The summed E-state index contributed by atoms with van der Waals surface area (Å²) in [5.74, 6) is 0.154. The first-order valence-electron chi connectivity index (χ1n) is 6.58. The van der Waals surface area contributed by atoms with Crippen molar-refractivity contribution in [2.75, 3.05) is 18.1 Å². The average Bonchev–Trinajstić information content (AvgIpc) is 3.03. The third kappa shape index (κ3) is 2.35. The van der Waals surface area contributed by atoms with Crippen molar-refractivity contribution >= 4 is 37.3 Å². The van der Waals surface area contributed by atoms with Crippen LogP contribution in [-0.2, 0) is 9.84 Å². The van der Waals surface area contributed by atoms with Gasteiger partial charge in [-0.15, -0.1) is 11.3 Å². The van der Waals surface area contributed by atoms with Crippen LogP contribution in [-0.4, -0.2) is 48.3 Å². The molecule has 1 fully saturated rings. The molecule has 1 aliphatic heterocycles. The van der Waals surface area contributed by atoms with Crippen LogP contribution in [0, 0.1) is 0 Å². The number of carbonyl (C=O) groups excluding carboxylic acids is 1. The van der Waals surface area contributed by atoms with E-state index in [1.165, 1.54) is 0 Å². The van der Waals surface area contributed by atoms with E-state index < -0.39 is 9.84 Å². The Labute approximate surface area is 121 Å². The van der Waals surface area contributed by atoms with Crippen LogP contribution in [0.4, 0.5) is 0 Å². The van der Waals surface area contributed by atoms with Crippen LogP contribution in [0.1, 0.15) is 23.8 Å². The van der Waals surface area contributed by atoms with E-state index >= 15 is 0 Å². The molecule has 0 aliphatic carbocycles. The Hall–Kier alpha value is -1.34. The van der Waals surface area contributed by atoms with E-state index in [0.717, 1.165) is 10.2 Å². The minimum atomic E-state index is -2.98. The molecular formula is C13H16N2O3S2. The number of hydrogen-bond donors (Lipinski definition) is 1. The maximum absolute atomic E-state index is 12.5. The Bertz CT molecular complexity index is 716. The van der Waals surface area contributed by atoms with Gasteiger partial charge in [0.1, 0.15) is 5.69 Å². The third-order valence-electron chi connectivity index (χ3n) is 3.72. The maximum Gasteiger partial charge on any atom is 0.270 e. The van der Waals surface area contributed by atoms with Gasteiger partial charge in [-0.25, -0.2) is 8.42 Å². The first kappa shape index (κ1) is 13.6. The van der Waals surface area contributed by atoms with Gasteiger partial charge in [-0.1, -0.05) is 0 Å². The largest absolute Gasteiger partial charge is 0.350 e. The highest BCUT2D eigenvalue weighted by Gasteiger charge is 2.34. The summed E-state index contributed by atoms with van der Waals surface area (Å²) in [6, 6.07) is 3.58. The van der Waals surface area contributed by atoms with Gasteiger partial charge in [-0.05, 0) is 30.9 Å². The summed E-state index contributed by atoms with van der Waals surface area (Å²) < 4.78 is 24.2. The summed E-state index contributed by atoms with van der Waals surface area (Å²) in [5.41, 5.74) is 1.49. The lowest BCUT2D eigenvalue weighted by Gasteiger charge is -2.26. The van der Waals surface area contributed by atoms with Gasteiger partial charge in [0.15, 0.2) is 9.84 Å². The SMILES string of the molecule is CCN(C(=O)c1cc2sccc2[nH]1)[C@H]1CCS(=O)(=O)C1. The van der Waals surface area contributed by atoms with Crippen molar-refractivity contribution in [1.29, 1.82) is 0 Å². The van der Waals surface area contributed by atoms with Gasteiger partial charge in [0, 0.05) is 12.6 Å². The highest BCUT2D eigenvalue weighted by Crippen LogP contribution is 2.24. The molecule has 3 heterocycles. The second-order valence-corrected chi connectivity index (χ2v) is 8.21. The fraction of sp³-hybridized carbons (Fsp3) is 0.462. The van der Waals surface area contributed by atoms with E-state index in [0.29, 0.717) is 18.7 Å². The number of nitrogens with zero attached hydrogens (tertiary/aromatic N) is 1. The molecule has 5 nitrogen and oxygen atoms in total. The number of amides is 1. The lowest BCUT2D eigenvalue weighted by atomic mass is 10.2. The molecule has 1 atom stereocenters. The zero-order valence-corrected chi connectivity index (χ0v) is 12.8. The second kappa shape index (κ2) is 4.89. The number of carbonyl (C=O) groups is 1. The van der Waals surface area contributed by atoms with Crippen molar-refractivity contribution in [1.82, 2.24) is 9.88 Å². The lowest BCUT2D eigenvalue weighted by Crippen LogP contribution is -2.41. The number of nitrogens with one attached hydrogen (secondary N) is 1. The van der Waals surface area contributed by atoms with Gasteiger partial charge in [0.05, 0.1) is 21.7 Å². The zero-order valence-electron chi connectivity index (χ0n) is 11.1. The van der Waals surface area contributed by atoms with Crippen LogP contribution in [0.25, 0.3) is 10.2 Å². The number of thiophene rings is 1. The summed E-state index contributed by atoms with van der Waals surface area (Å²) in [6.07, 6.45) is 0.539. The van der Waals surface area contributed by atoms with Crippen molar-refractivity contribution < 1.29 is 13.2 Å². The van der Waals surface area contributed by atoms with Gasteiger partial charge in [0.2, 0.25) is 0 Å². The van der Waals surface area contributed by atoms with E-state index in [1.807, 2.05) is 24.4 Å². The minimum Gasteiger partial charge on any atom is -0.350 e. The number of H-pyrrole nitrogens is 1. The molecule has 1 saturated heterocycles. The molecule has 0 saturated carbocycles. The molecule has 108 valence electrons. The van der Waals surface area contributed by atoms with Gasteiger partial charge in [-0.2, -0.15) is 0 Å². The molecule has 20 heavy (non-hydrogen) atoms. The summed E-state index contributed by atoms with van der Waals surface area (Å²) in [5, 5.41) is 1.97. The second-order valence-electron chi connectivity index (χ2n) is 5.03.